The third kappa shape index (κ3) is 7.25. The molecule has 0 aliphatic carbocycles. The molecule has 0 bridgehead atoms. The number of aromatic nitrogens is 2. The molecule has 0 saturated heterocycles. The van der Waals surface area contributed by atoms with Crippen LogP contribution in [0, 0.1) is 0 Å². The summed E-state index contributed by atoms with van der Waals surface area (Å²) in [5.74, 6) is 0.795. The molecule has 6 nitrogen and oxygen atoms in total. The van der Waals surface area contributed by atoms with Crippen LogP contribution in [0.25, 0.3) is 0 Å². The number of hydrogen-bond donors (Lipinski definition) is 2. The van der Waals surface area contributed by atoms with E-state index in [2.05, 4.69) is 45.5 Å². The van der Waals surface area contributed by atoms with E-state index >= 15 is 0 Å². The molecule has 1 aromatic carbocycles. The Bertz CT molecular complexity index is 729. The van der Waals surface area contributed by atoms with Crippen LogP contribution >= 0.6 is 35.6 Å². The number of rotatable bonds is 9. The van der Waals surface area contributed by atoms with Crippen LogP contribution in [0.1, 0.15) is 31.0 Å². The first kappa shape index (κ1) is 24.7. The van der Waals surface area contributed by atoms with Gasteiger partial charge in [-0.15, -0.1) is 24.0 Å². The van der Waals surface area contributed by atoms with Gasteiger partial charge in [-0.2, -0.15) is 5.10 Å². The molecule has 0 saturated carbocycles. The molecular weight excluding hydrogens is 487 g/mol. The molecule has 2 N–H and O–H groups in total. The smallest absolute Gasteiger partial charge is 0.191 e. The molecule has 1 unspecified atom stereocenters. The standard InChI is InChI=1S/C20H31ClN6.HI/c1-5-27(6-2)19(17-9-7-8-10-18(17)21)14-24-20(22-3)23-12-11-16-13-25-26(4)15-16;/h7-10,13,15,19H,5-6,11-12,14H2,1-4H3,(H2,22,23,24);1H. The molecule has 0 amide bonds. The molecule has 1 atom stereocenters. The van der Waals surface area contributed by atoms with Crippen molar-refractivity contribution >= 4 is 41.5 Å². The van der Waals surface area contributed by atoms with Crippen molar-refractivity contribution in [2.75, 3.05) is 33.2 Å². The second kappa shape index (κ2) is 13.0. The Labute approximate surface area is 190 Å². The third-order valence-corrected chi connectivity index (χ3v) is 5.01. The molecule has 8 heteroatoms. The largest absolute Gasteiger partial charge is 0.356 e. The lowest BCUT2D eigenvalue weighted by Crippen LogP contribution is -2.43. The number of benzene rings is 1. The van der Waals surface area contributed by atoms with Crippen molar-refractivity contribution in [3.63, 3.8) is 0 Å². The summed E-state index contributed by atoms with van der Waals surface area (Å²) in [5.41, 5.74) is 2.35. The quantitative estimate of drug-likeness (QED) is 0.303. The highest BCUT2D eigenvalue weighted by atomic mass is 127. The number of likely N-dealkylation sites (N-methyl/N-ethyl adjacent to an activating group) is 1. The van der Waals surface area contributed by atoms with E-state index in [4.69, 9.17) is 11.6 Å². The van der Waals surface area contributed by atoms with Crippen LogP contribution in [-0.2, 0) is 13.5 Å². The highest BCUT2D eigenvalue weighted by molar-refractivity contribution is 14.0. The van der Waals surface area contributed by atoms with E-state index in [0.29, 0.717) is 0 Å². The number of hydrogen-bond acceptors (Lipinski definition) is 3. The number of aliphatic imine (C=N–C) groups is 1. The number of nitrogens with one attached hydrogen (secondary N) is 2. The zero-order valence-corrected chi connectivity index (χ0v) is 20.2. The van der Waals surface area contributed by atoms with Gasteiger partial charge in [-0.05, 0) is 36.7 Å². The van der Waals surface area contributed by atoms with E-state index in [-0.39, 0.29) is 30.0 Å². The van der Waals surface area contributed by atoms with Crippen molar-refractivity contribution in [2.24, 2.45) is 12.0 Å². The number of nitrogens with zero attached hydrogens (tertiary/aromatic N) is 4. The zero-order valence-electron chi connectivity index (χ0n) is 17.2. The van der Waals surface area contributed by atoms with Gasteiger partial charge in [0.05, 0.1) is 12.2 Å². The fourth-order valence-electron chi connectivity index (χ4n) is 3.19. The molecule has 0 fully saturated rings. The Hall–Kier alpha value is -1.32. The third-order valence-electron chi connectivity index (χ3n) is 4.67. The maximum Gasteiger partial charge on any atom is 0.191 e. The molecule has 1 heterocycles. The minimum atomic E-state index is 0. The molecule has 2 aromatic rings. The SMILES string of the molecule is CCN(CC)C(CNC(=NC)NCCc1cnn(C)c1)c1ccccc1Cl.I. The first-order valence-electron chi connectivity index (χ1n) is 9.49. The lowest BCUT2D eigenvalue weighted by atomic mass is 10.0. The van der Waals surface area contributed by atoms with E-state index in [9.17, 15) is 0 Å². The van der Waals surface area contributed by atoms with Crippen LogP contribution in [0.15, 0.2) is 41.7 Å². The van der Waals surface area contributed by atoms with Crippen LogP contribution in [-0.4, -0.2) is 53.9 Å². The second-order valence-corrected chi connectivity index (χ2v) is 6.82. The minimum absolute atomic E-state index is 0. The molecule has 0 spiro atoms. The molecule has 2 rings (SSSR count). The minimum Gasteiger partial charge on any atom is -0.356 e. The normalized spacial score (nSPS) is 12.6. The monoisotopic (exact) mass is 518 g/mol. The lowest BCUT2D eigenvalue weighted by molar-refractivity contribution is 0.219. The fourth-order valence-corrected chi connectivity index (χ4v) is 3.45. The maximum absolute atomic E-state index is 6.47. The van der Waals surface area contributed by atoms with Crippen LogP contribution in [0.5, 0.6) is 0 Å². The Kier molecular flexibility index (Phi) is 11.5. The molecular formula is C20H32ClIN6. The number of aryl methyl sites for hydroxylation is 1. The van der Waals surface area contributed by atoms with E-state index < -0.39 is 0 Å². The predicted molar refractivity (Wildman–Crippen MR) is 129 cm³/mol. The molecule has 156 valence electrons. The van der Waals surface area contributed by atoms with E-state index in [1.54, 1.807) is 7.05 Å². The van der Waals surface area contributed by atoms with Gasteiger partial charge >= 0.3 is 0 Å². The fraction of sp³-hybridized carbons (Fsp3) is 0.500. The lowest BCUT2D eigenvalue weighted by Gasteiger charge is -2.31. The Balaban J connectivity index is 0.00000392. The highest BCUT2D eigenvalue weighted by Crippen LogP contribution is 2.26. The topological polar surface area (TPSA) is 57.5 Å². The van der Waals surface area contributed by atoms with Crippen molar-refractivity contribution in [3.05, 3.63) is 52.8 Å². The summed E-state index contributed by atoms with van der Waals surface area (Å²) < 4.78 is 1.82. The first-order valence-corrected chi connectivity index (χ1v) is 9.87. The molecule has 1 aromatic heterocycles. The highest BCUT2D eigenvalue weighted by Gasteiger charge is 2.20. The maximum atomic E-state index is 6.47. The summed E-state index contributed by atoms with van der Waals surface area (Å²) in [5, 5.41) is 11.8. The van der Waals surface area contributed by atoms with Gasteiger partial charge in [0.15, 0.2) is 5.96 Å². The van der Waals surface area contributed by atoms with Gasteiger partial charge in [-0.3, -0.25) is 14.6 Å². The van der Waals surface area contributed by atoms with Crippen molar-refractivity contribution < 1.29 is 0 Å². The first-order chi connectivity index (χ1) is 13.1. The van der Waals surface area contributed by atoms with Crippen molar-refractivity contribution in [1.82, 2.24) is 25.3 Å². The predicted octanol–water partition coefficient (Wildman–Crippen LogP) is 3.48. The van der Waals surface area contributed by atoms with E-state index in [1.807, 2.05) is 42.3 Å². The summed E-state index contributed by atoms with van der Waals surface area (Å²) in [6, 6.07) is 8.25. The van der Waals surface area contributed by atoms with Gasteiger partial charge in [0, 0.05) is 38.4 Å². The van der Waals surface area contributed by atoms with Gasteiger partial charge < -0.3 is 10.6 Å². The Morgan fingerprint density at radius 1 is 1.25 bits per heavy atom. The van der Waals surface area contributed by atoms with Gasteiger partial charge in [0.1, 0.15) is 0 Å². The Morgan fingerprint density at radius 2 is 1.96 bits per heavy atom. The van der Waals surface area contributed by atoms with Crippen LogP contribution in [0.3, 0.4) is 0 Å². The summed E-state index contributed by atoms with van der Waals surface area (Å²) in [6.45, 7) is 7.80. The van der Waals surface area contributed by atoms with Crippen molar-refractivity contribution in [2.45, 2.75) is 26.3 Å². The number of guanidine groups is 1. The summed E-state index contributed by atoms with van der Waals surface area (Å²) in [6.07, 6.45) is 4.83. The van der Waals surface area contributed by atoms with Crippen LogP contribution in [0.2, 0.25) is 5.02 Å². The van der Waals surface area contributed by atoms with E-state index in [1.165, 1.54) is 5.56 Å². The van der Waals surface area contributed by atoms with Crippen LogP contribution in [0.4, 0.5) is 0 Å². The molecule has 0 aliphatic rings. The van der Waals surface area contributed by atoms with Crippen LogP contribution < -0.4 is 10.6 Å². The average molecular weight is 519 g/mol. The number of halogens is 2. The van der Waals surface area contributed by atoms with Gasteiger partial charge in [-0.1, -0.05) is 43.6 Å². The molecule has 0 aliphatic heterocycles. The van der Waals surface area contributed by atoms with E-state index in [0.717, 1.165) is 49.1 Å². The van der Waals surface area contributed by atoms with Crippen molar-refractivity contribution in [1.29, 1.82) is 0 Å². The summed E-state index contributed by atoms with van der Waals surface area (Å²) >= 11 is 6.47. The summed E-state index contributed by atoms with van der Waals surface area (Å²) in [4.78, 5) is 6.75. The van der Waals surface area contributed by atoms with Crippen molar-refractivity contribution in [3.8, 4) is 0 Å². The molecule has 28 heavy (non-hydrogen) atoms. The van der Waals surface area contributed by atoms with Gasteiger partial charge in [-0.25, -0.2) is 0 Å². The zero-order chi connectivity index (χ0) is 19.6. The molecule has 0 radical (unpaired) electrons. The summed E-state index contributed by atoms with van der Waals surface area (Å²) in [7, 11) is 3.72. The van der Waals surface area contributed by atoms with Gasteiger partial charge in [0.25, 0.3) is 0 Å². The Morgan fingerprint density at radius 3 is 2.54 bits per heavy atom. The second-order valence-electron chi connectivity index (χ2n) is 6.41. The van der Waals surface area contributed by atoms with Gasteiger partial charge in [0.2, 0.25) is 0 Å². The average Bonchev–Trinajstić information content (AvgIpc) is 3.09.